The Balaban J connectivity index is 2.20. The minimum Gasteiger partial charge on any atom is -0.293 e. The molecule has 2 fully saturated rings. The molecule has 2 aliphatic rings. The molecule has 0 bridgehead atoms. The van der Waals surface area contributed by atoms with E-state index in [0.29, 0.717) is 0 Å². The van der Waals surface area contributed by atoms with Crippen LogP contribution in [-0.4, -0.2) is 47.0 Å². The fourth-order valence-electron chi connectivity index (χ4n) is 3.60. The molecular formula is C19H23FN2O4. The highest BCUT2D eigenvalue weighted by molar-refractivity contribution is 6.20. The number of urea groups is 1. The third-order valence-corrected chi connectivity index (χ3v) is 5.11. The van der Waals surface area contributed by atoms with Crippen molar-refractivity contribution in [2.45, 2.75) is 32.6 Å². The van der Waals surface area contributed by atoms with Gasteiger partial charge in [-0.15, -0.1) is 0 Å². The molecule has 0 aromatic rings. The van der Waals surface area contributed by atoms with E-state index in [-0.39, 0.29) is 5.92 Å². The Morgan fingerprint density at radius 1 is 1.19 bits per heavy atom. The van der Waals surface area contributed by atoms with E-state index in [1.165, 1.54) is 19.2 Å². The van der Waals surface area contributed by atoms with E-state index < -0.39 is 41.4 Å². The van der Waals surface area contributed by atoms with Crippen LogP contribution in [0.5, 0.6) is 0 Å². The van der Waals surface area contributed by atoms with E-state index >= 15 is 0 Å². The molecular weight excluding hydrogens is 339 g/mol. The molecule has 0 aromatic heterocycles. The van der Waals surface area contributed by atoms with Crippen LogP contribution in [0.25, 0.3) is 0 Å². The van der Waals surface area contributed by atoms with Gasteiger partial charge in [0.2, 0.25) is 11.8 Å². The van der Waals surface area contributed by atoms with Crippen LogP contribution in [0.3, 0.4) is 0 Å². The fraction of sp³-hybridized carbons (Fsp3) is 0.474. The van der Waals surface area contributed by atoms with Gasteiger partial charge >= 0.3 is 6.03 Å². The lowest BCUT2D eigenvalue weighted by Crippen LogP contribution is -2.65. The number of amides is 4. The molecule has 0 spiro atoms. The predicted octanol–water partition coefficient (Wildman–Crippen LogP) is 2.77. The highest BCUT2D eigenvalue weighted by atomic mass is 19.1. The van der Waals surface area contributed by atoms with E-state index in [1.54, 1.807) is 6.92 Å². The molecule has 1 saturated carbocycles. The van der Waals surface area contributed by atoms with E-state index in [2.05, 4.69) is 6.58 Å². The van der Waals surface area contributed by atoms with Crippen molar-refractivity contribution >= 4 is 23.6 Å². The van der Waals surface area contributed by atoms with Gasteiger partial charge in [0.05, 0.1) is 6.54 Å². The quantitative estimate of drug-likeness (QED) is 0.414. The molecule has 1 atom stereocenters. The average Bonchev–Trinajstić information content (AvgIpc) is 3.14. The maximum absolute atomic E-state index is 13.0. The number of halogens is 1. The number of rotatable bonds is 6. The van der Waals surface area contributed by atoms with Crippen LogP contribution in [0.1, 0.15) is 32.6 Å². The van der Waals surface area contributed by atoms with Crippen LogP contribution in [0, 0.1) is 11.3 Å². The molecule has 2 rings (SSSR count). The first-order valence-corrected chi connectivity index (χ1v) is 8.55. The van der Waals surface area contributed by atoms with E-state index in [9.17, 15) is 23.6 Å². The highest BCUT2D eigenvalue weighted by Gasteiger charge is 2.57. The van der Waals surface area contributed by atoms with Gasteiger partial charge in [0.25, 0.3) is 0 Å². The summed E-state index contributed by atoms with van der Waals surface area (Å²) in [6.07, 6.45) is 8.17. The number of imide groups is 2. The first kappa shape index (κ1) is 19.8. The molecule has 1 saturated heterocycles. The molecule has 0 radical (unpaired) electrons. The first-order chi connectivity index (χ1) is 12.2. The van der Waals surface area contributed by atoms with Gasteiger partial charge in [0, 0.05) is 7.05 Å². The van der Waals surface area contributed by atoms with Gasteiger partial charge in [-0.1, -0.05) is 31.6 Å². The number of allylic oxidation sites excluding steroid dienone is 4. The number of hydrogen-bond donors (Lipinski definition) is 0. The van der Waals surface area contributed by atoms with Crippen molar-refractivity contribution in [1.82, 2.24) is 9.80 Å². The third-order valence-electron chi connectivity index (χ3n) is 5.11. The minimum absolute atomic E-state index is 0.135. The summed E-state index contributed by atoms with van der Waals surface area (Å²) in [5.41, 5.74) is -1.32. The van der Waals surface area contributed by atoms with Crippen molar-refractivity contribution in [1.29, 1.82) is 0 Å². The molecule has 1 heterocycles. The Morgan fingerprint density at radius 2 is 1.77 bits per heavy atom. The second-order valence-electron chi connectivity index (χ2n) is 6.85. The van der Waals surface area contributed by atoms with Gasteiger partial charge in [0.1, 0.15) is 11.2 Å². The van der Waals surface area contributed by atoms with Gasteiger partial charge < -0.3 is 0 Å². The van der Waals surface area contributed by atoms with Crippen LogP contribution in [0.2, 0.25) is 0 Å². The summed E-state index contributed by atoms with van der Waals surface area (Å²) < 4.78 is 12.5. The summed E-state index contributed by atoms with van der Waals surface area (Å²) in [5, 5.41) is 0. The fourth-order valence-corrected chi connectivity index (χ4v) is 3.60. The number of nitrogens with zero attached hydrogens (tertiary/aromatic N) is 2. The summed E-state index contributed by atoms with van der Waals surface area (Å²) in [5.74, 6) is -2.42. The van der Waals surface area contributed by atoms with E-state index in [1.807, 2.05) is 0 Å². The molecule has 6 nitrogen and oxygen atoms in total. The summed E-state index contributed by atoms with van der Waals surface area (Å²) in [4.78, 5) is 51.8. The summed E-state index contributed by atoms with van der Waals surface area (Å²) in [7, 11) is 1.33. The molecule has 1 unspecified atom stereocenters. The Kier molecular flexibility index (Phi) is 5.90. The predicted molar refractivity (Wildman–Crippen MR) is 93.5 cm³/mol. The maximum Gasteiger partial charge on any atom is 0.333 e. The Labute approximate surface area is 152 Å². The topological polar surface area (TPSA) is 74.8 Å². The van der Waals surface area contributed by atoms with E-state index in [0.717, 1.165) is 47.6 Å². The monoisotopic (exact) mass is 362 g/mol. The zero-order valence-electron chi connectivity index (χ0n) is 15.0. The van der Waals surface area contributed by atoms with Gasteiger partial charge in [-0.3, -0.25) is 24.2 Å². The van der Waals surface area contributed by atoms with Gasteiger partial charge in [0.15, 0.2) is 5.78 Å². The van der Waals surface area contributed by atoms with Crippen LogP contribution < -0.4 is 0 Å². The number of ketones is 1. The zero-order chi connectivity index (χ0) is 19.5. The van der Waals surface area contributed by atoms with Crippen molar-refractivity contribution < 1.29 is 23.6 Å². The second kappa shape index (κ2) is 7.76. The summed E-state index contributed by atoms with van der Waals surface area (Å²) in [6.45, 7) is 4.16. The minimum atomic E-state index is -1.32. The number of hydrogen-bond acceptors (Lipinski definition) is 4. The Bertz CT molecular complexity index is 706. The number of barbiturate groups is 1. The second-order valence-corrected chi connectivity index (χ2v) is 6.85. The Hall–Kier alpha value is -2.57. The van der Waals surface area contributed by atoms with Gasteiger partial charge in [-0.2, -0.15) is 0 Å². The molecule has 7 heteroatoms. The number of carbonyl (C=O) groups excluding carboxylic acids is 4. The van der Waals surface area contributed by atoms with Crippen LogP contribution in [0.4, 0.5) is 9.18 Å². The molecule has 4 amide bonds. The van der Waals surface area contributed by atoms with Crippen LogP contribution >= 0.6 is 0 Å². The summed E-state index contributed by atoms with van der Waals surface area (Å²) in [6, 6.07) is -0.801. The Morgan fingerprint density at radius 3 is 2.35 bits per heavy atom. The lowest BCUT2D eigenvalue weighted by atomic mass is 9.72. The average molecular weight is 362 g/mol. The van der Waals surface area contributed by atoms with Crippen molar-refractivity contribution in [3.8, 4) is 0 Å². The van der Waals surface area contributed by atoms with Gasteiger partial charge in [-0.25, -0.2) is 9.18 Å². The molecule has 0 aromatic carbocycles. The lowest BCUT2D eigenvalue weighted by Gasteiger charge is -2.43. The standard InChI is InChI=1S/C19H23FN2O4/c1-13(20)8-4-7-11-15(23)12-22-17(25)19(2,14-9-5-6-10-14)16(24)21(3)18(22)26/h4,7-8,11,14H,1,5-6,9-10,12H2,2-3H3/b8-4-,11-7+. The van der Waals surface area contributed by atoms with Crippen molar-refractivity contribution in [3.05, 3.63) is 36.7 Å². The maximum atomic E-state index is 13.0. The zero-order valence-corrected chi connectivity index (χ0v) is 15.0. The van der Waals surface area contributed by atoms with Crippen molar-refractivity contribution in [2.24, 2.45) is 11.3 Å². The lowest BCUT2D eigenvalue weighted by molar-refractivity contribution is -0.161. The normalized spacial score (nSPS) is 25.1. The summed E-state index contributed by atoms with van der Waals surface area (Å²) >= 11 is 0. The number of carbonyl (C=O) groups is 4. The third kappa shape index (κ3) is 3.66. The van der Waals surface area contributed by atoms with Crippen LogP contribution in [-0.2, 0) is 14.4 Å². The van der Waals surface area contributed by atoms with Gasteiger partial charge in [-0.05, 0) is 37.8 Å². The smallest absolute Gasteiger partial charge is 0.293 e. The van der Waals surface area contributed by atoms with Crippen molar-refractivity contribution in [2.75, 3.05) is 13.6 Å². The molecule has 140 valence electrons. The SMILES string of the molecule is C=C(F)/C=C\C=C\C(=O)CN1C(=O)N(C)C(=O)C(C)(C2CCCC2)C1=O. The van der Waals surface area contributed by atoms with E-state index in [4.69, 9.17) is 0 Å². The largest absolute Gasteiger partial charge is 0.333 e. The molecule has 1 aliphatic heterocycles. The molecule has 0 N–H and O–H groups in total. The first-order valence-electron chi connectivity index (χ1n) is 8.55. The molecule has 1 aliphatic carbocycles. The van der Waals surface area contributed by atoms with Crippen LogP contribution in [0.15, 0.2) is 36.7 Å². The highest BCUT2D eigenvalue weighted by Crippen LogP contribution is 2.44. The molecule has 26 heavy (non-hydrogen) atoms. The van der Waals surface area contributed by atoms with Crippen molar-refractivity contribution in [3.63, 3.8) is 0 Å².